The number of nitrogens with zero attached hydrogens (tertiary/aromatic N) is 3. The van der Waals surface area contributed by atoms with E-state index < -0.39 is 41.2 Å². The zero-order chi connectivity index (χ0) is 32.6. The topological polar surface area (TPSA) is 90.4 Å². The monoisotopic (exact) mass is 607 g/mol. The van der Waals surface area contributed by atoms with Crippen molar-refractivity contribution in [1.82, 2.24) is 9.80 Å². The summed E-state index contributed by atoms with van der Waals surface area (Å²) in [5, 5.41) is 10.7. The van der Waals surface area contributed by atoms with E-state index in [4.69, 9.17) is 4.74 Å². The summed E-state index contributed by atoms with van der Waals surface area (Å²) in [6.07, 6.45) is 5.26. The summed E-state index contributed by atoms with van der Waals surface area (Å²) in [4.78, 5) is 49.3. The standard InChI is InChI=1S/C36H53N3O5/c1-10-19-37(25-15-13-12-14-16-25)31(41)28-27-17-18-36(44-27)29(28)32(42)39(26(22-40)21-24(3)4)30(36)33(43)38(20-11-2)35(8,9)23-34(5,6)7/h10-16,24,26-30,40H,1-2,17-23H2,3-9H3/t26-,27-,28+,29+,30?,36?/m1/s1. The molecule has 0 aromatic heterocycles. The number of aliphatic hydroxyl groups is 1. The van der Waals surface area contributed by atoms with Crippen molar-refractivity contribution in [1.29, 1.82) is 0 Å². The van der Waals surface area contributed by atoms with E-state index in [1.807, 2.05) is 49.1 Å². The summed E-state index contributed by atoms with van der Waals surface area (Å²) in [7, 11) is 0. The second kappa shape index (κ2) is 12.8. The number of rotatable bonds is 13. The van der Waals surface area contributed by atoms with Gasteiger partial charge in [0.05, 0.1) is 30.6 Å². The quantitative estimate of drug-likeness (QED) is 0.311. The first-order valence-corrected chi connectivity index (χ1v) is 16.1. The number of aliphatic hydroxyl groups excluding tert-OH is 1. The van der Waals surface area contributed by atoms with Crippen molar-refractivity contribution in [3.63, 3.8) is 0 Å². The molecule has 1 aromatic carbocycles. The van der Waals surface area contributed by atoms with Crippen LogP contribution in [0.5, 0.6) is 0 Å². The van der Waals surface area contributed by atoms with Crippen LogP contribution >= 0.6 is 0 Å². The number of likely N-dealkylation sites (tertiary alicyclic amines) is 1. The number of carbonyl (C=O) groups excluding carboxylic acids is 3. The maximum atomic E-state index is 15.0. The molecule has 8 heteroatoms. The molecule has 1 aromatic rings. The molecule has 0 saturated carbocycles. The molecule has 44 heavy (non-hydrogen) atoms. The van der Waals surface area contributed by atoms with Gasteiger partial charge in [-0.05, 0) is 63.0 Å². The van der Waals surface area contributed by atoms with Crippen molar-refractivity contribution in [2.75, 3.05) is 24.6 Å². The van der Waals surface area contributed by atoms with Crippen LogP contribution in [0.4, 0.5) is 5.69 Å². The first-order chi connectivity index (χ1) is 20.6. The molecule has 4 rings (SSSR count). The Balaban J connectivity index is 1.83. The summed E-state index contributed by atoms with van der Waals surface area (Å²) >= 11 is 0. The first kappa shape index (κ1) is 33.9. The molecule has 3 heterocycles. The van der Waals surface area contributed by atoms with Crippen LogP contribution in [0.1, 0.15) is 74.1 Å². The lowest BCUT2D eigenvalue weighted by molar-refractivity contribution is -0.155. The van der Waals surface area contributed by atoms with E-state index in [0.29, 0.717) is 25.8 Å². The molecular formula is C36H53N3O5. The molecule has 2 unspecified atom stereocenters. The van der Waals surface area contributed by atoms with E-state index in [2.05, 4.69) is 47.8 Å². The number of amides is 3. The molecule has 3 aliphatic heterocycles. The summed E-state index contributed by atoms with van der Waals surface area (Å²) in [5.74, 6) is -2.08. The zero-order valence-corrected chi connectivity index (χ0v) is 27.8. The van der Waals surface area contributed by atoms with Crippen LogP contribution in [0.15, 0.2) is 55.6 Å². The van der Waals surface area contributed by atoms with Gasteiger partial charge in [-0.25, -0.2) is 0 Å². The Morgan fingerprint density at radius 1 is 1.09 bits per heavy atom. The second-order valence-electron chi connectivity index (χ2n) is 15.1. The van der Waals surface area contributed by atoms with Crippen molar-refractivity contribution >= 4 is 23.4 Å². The van der Waals surface area contributed by atoms with Crippen molar-refractivity contribution in [2.24, 2.45) is 23.2 Å². The molecule has 3 aliphatic rings. The minimum Gasteiger partial charge on any atom is -0.394 e. The third-order valence-corrected chi connectivity index (χ3v) is 9.52. The number of fused-ring (bicyclic) bond motifs is 1. The third kappa shape index (κ3) is 6.12. The molecule has 1 spiro atoms. The Hall–Kier alpha value is -2.97. The predicted octanol–water partition coefficient (Wildman–Crippen LogP) is 5.22. The van der Waals surface area contributed by atoms with E-state index >= 15 is 4.79 Å². The highest BCUT2D eigenvalue weighted by atomic mass is 16.5. The van der Waals surface area contributed by atoms with E-state index in [1.165, 1.54) is 0 Å². The molecule has 0 radical (unpaired) electrons. The van der Waals surface area contributed by atoms with E-state index in [-0.39, 0.29) is 42.2 Å². The second-order valence-corrected chi connectivity index (χ2v) is 15.1. The Morgan fingerprint density at radius 2 is 1.73 bits per heavy atom. The lowest BCUT2D eigenvalue weighted by Crippen LogP contribution is -2.62. The van der Waals surface area contributed by atoms with Gasteiger partial charge >= 0.3 is 0 Å². The minimum atomic E-state index is -1.16. The van der Waals surface area contributed by atoms with Crippen LogP contribution in [-0.4, -0.2) is 81.7 Å². The Kier molecular flexibility index (Phi) is 9.86. The number of para-hydroxylation sites is 1. The van der Waals surface area contributed by atoms with Crippen LogP contribution < -0.4 is 4.90 Å². The van der Waals surface area contributed by atoms with Gasteiger partial charge in [0.15, 0.2) is 0 Å². The molecule has 6 atom stereocenters. The molecule has 3 amide bonds. The SMILES string of the molecule is C=CCN(C(=O)[C@@H]1[C@H]2C(=O)N([C@@H](CO)CC(C)C)C(C(=O)N(CC=C)C(C)(C)CC(C)(C)C)C23CC[C@H]1O3)c1ccccc1. The van der Waals surface area contributed by atoms with E-state index in [1.54, 1.807) is 22.0 Å². The number of benzene rings is 1. The molecule has 3 saturated heterocycles. The molecule has 2 bridgehead atoms. The van der Waals surface area contributed by atoms with Gasteiger partial charge in [0.2, 0.25) is 17.7 Å². The Morgan fingerprint density at radius 3 is 2.27 bits per heavy atom. The van der Waals surface area contributed by atoms with Crippen molar-refractivity contribution < 1.29 is 24.2 Å². The Bertz CT molecular complexity index is 1240. The summed E-state index contributed by atoms with van der Waals surface area (Å²) < 4.78 is 6.77. The van der Waals surface area contributed by atoms with Gasteiger partial charge in [-0.2, -0.15) is 0 Å². The number of carbonyl (C=O) groups is 3. The third-order valence-electron chi connectivity index (χ3n) is 9.52. The summed E-state index contributed by atoms with van der Waals surface area (Å²) in [5.41, 5.74) is -1.05. The van der Waals surface area contributed by atoms with Crippen molar-refractivity contribution in [2.45, 2.75) is 103 Å². The largest absolute Gasteiger partial charge is 0.394 e. The van der Waals surface area contributed by atoms with Crippen LogP contribution in [0.2, 0.25) is 0 Å². The number of anilines is 1. The van der Waals surface area contributed by atoms with Crippen LogP contribution in [0.3, 0.4) is 0 Å². The molecule has 242 valence electrons. The summed E-state index contributed by atoms with van der Waals surface area (Å²) in [6.45, 7) is 22.8. The van der Waals surface area contributed by atoms with E-state index in [0.717, 1.165) is 12.1 Å². The maximum absolute atomic E-state index is 15.0. The maximum Gasteiger partial charge on any atom is 0.249 e. The highest BCUT2D eigenvalue weighted by Gasteiger charge is 2.75. The highest BCUT2D eigenvalue weighted by molar-refractivity contribution is 6.03. The predicted molar refractivity (Wildman–Crippen MR) is 174 cm³/mol. The number of hydrogen-bond donors (Lipinski definition) is 1. The fourth-order valence-corrected chi connectivity index (χ4v) is 8.41. The number of hydrogen-bond acceptors (Lipinski definition) is 5. The van der Waals surface area contributed by atoms with Gasteiger partial charge in [-0.1, -0.05) is 65.0 Å². The van der Waals surface area contributed by atoms with Crippen molar-refractivity contribution in [3.05, 3.63) is 55.6 Å². The van der Waals surface area contributed by atoms with E-state index in [9.17, 15) is 14.7 Å². The highest BCUT2D eigenvalue weighted by Crippen LogP contribution is 2.60. The zero-order valence-electron chi connectivity index (χ0n) is 27.8. The van der Waals surface area contributed by atoms with Gasteiger partial charge in [0, 0.05) is 24.3 Å². The average molecular weight is 608 g/mol. The number of ether oxygens (including phenoxy) is 1. The van der Waals surface area contributed by atoms with Gasteiger partial charge in [-0.3, -0.25) is 14.4 Å². The smallest absolute Gasteiger partial charge is 0.249 e. The lowest BCUT2D eigenvalue weighted by atomic mass is 9.70. The first-order valence-electron chi connectivity index (χ1n) is 16.1. The molecule has 1 N–H and O–H groups in total. The summed E-state index contributed by atoms with van der Waals surface area (Å²) in [6, 6.07) is 7.85. The van der Waals surface area contributed by atoms with Gasteiger partial charge < -0.3 is 24.5 Å². The average Bonchev–Trinajstić information content (AvgIpc) is 3.59. The molecule has 3 fully saturated rings. The Labute approximate surface area is 264 Å². The van der Waals surface area contributed by atoms with Gasteiger partial charge in [0.1, 0.15) is 11.6 Å². The molecule has 0 aliphatic carbocycles. The lowest BCUT2D eigenvalue weighted by Gasteiger charge is -2.46. The van der Waals surface area contributed by atoms with Crippen LogP contribution in [0.25, 0.3) is 0 Å². The van der Waals surface area contributed by atoms with Gasteiger partial charge in [-0.15, -0.1) is 13.2 Å². The van der Waals surface area contributed by atoms with Crippen molar-refractivity contribution in [3.8, 4) is 0 Å². The van der Waals surface area contributed by atoms with Crippen LogP contribution in [-0.2, 0) is 19.1 Å². The van der Waals surface area contributed by atoms with Crippen LogP contribution in [0, 0.1) is 23.2 Å². The molecular weight excluding hydrogens is 554 g/mol. The minimum absolute atomic E-state index is 0.0631. The normalized spacial score (nSPS) is 26.9. The fourth-order valence-electron chi connectivity index (χ4n) is 8.41. The fraction of sp³-hybridized carbons (Fsp3) is 0.639. The van der Waals surface area contributed by atoms with Gasteiger partial charge in [0.25, 0.3) is 0 Å². The molecule has 8 nitrogen and oxygen atoms in total.